The topological polar surface area (TPSA) is 49.6 Å². The number of aryl methyl sites for hydroxylation is 2. The van der Waals surface area contributed by atoms with Crippen LogP contribution in [-0.4, -0.2) is 39.8 Å². The number of hydrogen-bond acceptors (Lipinski definition) is 4. The first-order chi connectivity index (χ1) is 9.43. The minimum atomic E-state index is -0.190. The normalized spacial score (nSPS) is 12.8. The van der Waals surface area contributed by atoms with E-state index in [9.17, 15) is 4.79 Å². The summed E-state index contributed by atoms with van der Waals surface area (Å²) in [5.74, 6) is 0.118. The lowest BCUT2D eigenvalue weighted by Crippen LogP contribution is -2.42. The zero-order valence-electron chi connectivity index (χ0n) is 12.7. The molecule has 2 rings (SSSR count). The Balaban J connectivity index is 2.09. The summed E-state index contributed by atoms with van der Waals surface area (Å²) in [5, 5.41) is 3.29. The average molecular weight is 294 g/mol. The van der Waals surface area contributed by atoms with E-state index in [1.54, 1.807) is 16.2 Å². The predicted octanol–water partition coefficient (Wildman–Crippen LogP) is 1.97. The van der Waals surface area contributed by atoms with Crippen LogP contribution in [-0.2, 0) is 11.3 Å². The largest absolute Gasteiger partial charge is 0.345 e. The van der Waals surface area contributed by atoms with E-state index in [1.165, 1.54) is 4.88 Å². The molecule has 2 aromatic rings. The van der Waals surface area contributed by atoms with Gasteiger partial charge in [-0.1, -0.05) is 0 Å². The molecule has 110 valence electrons. The second-order valence-corrected chi connectivity index (χ2v) is 6.31. The minimum Gasteiger partial charge on any atom is -0.345 e. The van der Waals surface area contributed by atoms with Crippen LogP contribution in [0.1, 0.15) is 30.1 Å². The van der Waals surface area contributed by atoms with Crippen molar-refractivity contribution >= 4 is 22.2 Å². The summed E-state index contributed by atoms with van der Waals surface area (Å²) in [4.78, 5) is 20.6. The van der Waals surface area contributed by atoms with Crippen molar-refractivity contribution < 1.29 is 4.79 Å². The highest BCUT2D eigenvalue weighted by Gasteiger charge is 2.17. The van der Waals surface area contributed by atoms with Crippen LogP contribution in [0.2, 0.25) is 0 Å². The fourth-order valence-electron chi connectivity index (χ4n) is 2.15. The Morgan fingerprint density at radius 1 is 1.55 bits per heavy atom. The molecule has 0 radical (unpaired) electrons. The van der Waals surface area contributed by atoms with Crippen LogP contribution >= 0.6 is 11.3 Å². The SMILES string of the molecule is CCN(C)C(=O)C(C)NCc1c(C)nc2sc(C)cn12. The molecule has 2 heterocycles. The molecule has 1 N–H and O–H groups in total. The van der Waals surface area contributed by atoms with Gasteiger partial charge in [-0.15, -0.1) is 11.3 Å². The summed E-state index contributed by atoms with van der Waals surface area (Å²) >= 11 is 1.69. The maximum Gasteiger partial charge on any atom is 0.239 e. The second-order valence-electron chi connectivity index (χ2n) is 5.09. The van der Waals surface area contributed by atoms with Crippen LogP contribution < -0.4 is 5.32 Å². The highest BCUT2D eigenvalue weighted by Crippen LogP contribution is 2.20. The van der Waals surface area contributed by atoms with Gasteiger partial charge in [0.2, 0.25) is 5.91 Å². The number of fused-ring (bicyclic) bond motifs is 1. The maximum atomic E-state index is 12.0. The van der Waals surface area contributed by atoms with Gasteiger partial charge in [0.05, 0.1) is 17.4 Å². The Morgan fingerprint density at radius 3 is 2.90 bits per heavy atom. The van der Waals surface area contributed by atoms with Gasteiger partial charge in [0.15, 0.2) is 4.96 Å². The minimum absolute atomic E-state index is 0.118. The number of thiazole rings is 1. The van der Waals surface area contributed by atoms with Crippen LogP contribution in [0, 0.1) is 13.8 Å². The van der Waals surface area contributed by atoms with E-state index in [0.717, 1.165) is 22.9 Å². The molecule has 0 saturated carbocycles. The lowest BCUT2D eigenvalue weighted by Gasteiger charge is -2.20. The standard InChI is InChI=1S/C14H22N4OS/c1-6-17(5)13(19)11(4)15-7-12-10(3)16-14-18(12)8-9(2)20-14/h8,11,15H,6-7H2,1-5H3. The van der Waals surface area contributed by atoms with Crippen LogP contribution in [0.5, 0.6) is 0 Å². The number of imidazole rings is 1. The molecule has 20 heavy (non-hydrogen) atoms. The van der Waals surface area contributed by atoms with Crippen LogP contribution in [0.3, 0.4) is 0 Å². The fourth-order valence-corrected chi connectivity index (χ4v) is 3.04. The number of nitrogens with zero attached hydrogens (tertiary/aromatic N) is 3. The van der Waals surface area contributed by atoms with Crippen molar-refractivity contribution in [2.75, 3.05) is 13.6 Å². The predicted molar refractivity (Wildman–Crippen MR) is 82.2 cm³/mol. The molecule has 6 heteroatoms. The number of hydrogen-bond donors (Lipinski definition) is 1. The molecule has 1 unspecified atom stereocenters. The zero-order chi connectivity index (χ0) is 14.9. The Labute approximate surface area is 123 Å². The molecule has 0 aliphatic rings. The lowest BCUT2D eigenvalue weighted by atomic mass is 10.2. The van der Waals surface area contributed by atoms with Gasteiger partial charge in [-0.2, -0.15) is 0 Å². The molecule has 0 spiro atoms. The maximum absolute atomic E-state index is 12.0. The molecular formula is C14H22N4OS. The molecule has 0 aliphatic carbocycles. The Kier molecular flexibility index (Phi) is 4.45. The van der Waals surface area contributed by atoms with E-state index in [1.807, 2.05) is 27.8 Å². The Bertz CT molecular complexity index is 616. The first kappa shape index (κ1) is 15.0. The molecular weight excluding hydrogens is 272 g/mol. The number of aromatic nitrogens is 2. The first-order valence-corrected chi connectivity index (χ1v) is 7.68. The van der Waals surface area contributed by atoms with Crippen LogP contribution in [0.15, 0.2) is 6.20 Å². The number of rotatable bonds is 5. The van der Waals surface area contributed by atoms with E-state index in [4.69, 9.17) is 0 Å². The Morgan fingerprint density at radius 2 is 2.25 bits per heavy atom. The molecule has 1 amide bonds. The smallest absolute Gasteiger partial charge is 0.239 e. The fraction of sp³-hybridized carbons (Fsp3) is 0.571. The molecule has 0 saturated heterocycles. The summed E-state index contributed by atoms with van der Waals surface area (Å²) in [6.07, 6.45) is 2.10. The third-order valence-corrected chi connectivity index (χ3v) is 4.44. The summed E-state index contributed by atoms with van der Waals surface area (Å²) in [6.45, 7) is 9.34. The zero-order valence-corrected chi connectivity index (χ0v) is 13.5. The molecule has 1 atom stereocenters. The summed E-state index contributed by atoms with van der Waals surface area (Å²) in [7, 11) is 1.82. The van der Waals surface area contributed by atoms with Crippen molar-refractivity contribution in [3.63, 3.8) is 0 Å². The van der Waals surface area contributed by atoms with Crippen molar-refractivity contribution in [2.24, 2.45) is 0 Å². The third-order valence-electron chi connectivity index (χ3n) is 3.54. The average Bonchev–Trinajstić information content (AvgIpc) is 2.89. The summed E-state index contributed by atoms with van der Waals surface area (Å²) in [6, 6.07) is -0.190. The number of amides is 1. The van der Waals surface area contributed by atoms with Gasteiger partial charge in [-0.05, 0) is 27.7 Å². The van der Waals surface area contributed by atoms with Gasteiger partial charge in [0, 0.05) is 31.2 Å². The molecule has 0 aromatic carbocycles. The Hall–Kier alpha value is -1.40. The second kappa shape index (κ2) is 5.93. The highest BCUT2D eigenvalue weighted by atomic mass is 32.1. The van der Waals surface area contributed by atoms with Crippen LogP contribution in [0.25, 0.3) is 4.96 Å². The van der Waals surface area contributed by atoms with E-state index in [-0.39, 0.29) is 11.9 Å². The van der Waals surface area contributed by atoms with Gasteiger partial charge in [0.1, 0.15) is 0 Å². The molecule has 0 bridgehead atoms. The molecule has 0 fully saturated rings. The van der Waals surface area contributed by atoms with Crippen molar-refractivity contribution in [3.8, 4) is 0 Å². The van der Waals surface area contributed by atoms with E-state index >= 15 is 0 Å². The number of likely N-dealkylation sites (N-methyl/N-ethyl adjacent to an activating group) is 1. The molecule has 5 nitrogen and oxygen atoms in total. The molecule has 0 aliphatic heterocycles. The van der Waals surface area contributed by atoms with Gasteiger partial charge < -0.3 is 10.2 Å². The van der Waals surface area contributed by atoms with Crippen molar-refractivity contribution in [2.45, 2.75) is 40.3 Å². The van der Waals surface area contributed by atoms with Crippen LogP contribution in [0.4, 0.5) is 0 Å². The van der Waals surface area contributed by atoms with E-state index < -0.39 is 0 Å². The quantitative estimate of drug-likeness (QED) is 0.917. The number of nitrogens with one attached hydrogen (secondary N) is 1. The molecule has 2 aromatic heterocycles. The van der Waals surface area contributed by atoms with Gasteiger partial charge in [-0.3, -0.25) is 9.20 Å². The van der Waals surface area contributed by atoms with Gasteiger partial charge in [-0.25, -0.2) is 4.98 Å². The monoisotopic (exact) mass is 294 g/mol. The third kappa shape index (κ3) is 2.86. The van der Waals surface area contributed by atoms with Crippen molar-refractivity contribution in [1.82, 2.24) is 19.6 Å². The first-order valence-electron chi connectivity index (χ1n) is 6.86. The number of carbonyl (C=O) groups is 1. The summed E-state index contributed by atoms with van der Waals surface area (Å²) < 4.78 is 2.11. The van der Waals surface area contributed by atoms with Gasteiger partial charge in [0.25, 0.3) is 0 Å². The number of carbonyl (C=O) groups excluding carboxylic acids is 1. The van der Waals surface area contributed by atoms with Crippen molar-refractivity contribution in [1.29, 1.82) is 0 Å². The highest BCUT2D eigenvalue weighted by molar-refractivity contribution is 7.17. The van der Waals surface area contributed by atoms with E-state index in [2.05, 4.69) is 27.8 Å². The van der Waals surface area contributed by atoms with Gasteiger partial charge >= 0.3 is 0 Å². The van der Waals surface area contributed by atoms with E-state index in [0.29, 0.717) is 6.54 Å². The summed E-state index contributed by atoms with van der Waals surface area (Å²) in [5.41, 5.74) is 2.15. The van der Waals surface area contributed by atoms with Crippen molar-refractivity contribution in [3.05, 3.63) is 22.5 Å². The lowest BCUT2D eigenvalue weighted by molar-refractivity contribution is -0.131.